The van der Waals surface area contributed by atoms with Crippen molar-refractivity contribution in [2.24, 2.45) is 0 Å². The van der Waals surface area contributed by atoms with Gasteiger partial charge in [-0.25, -0.2) is 0 Å². The highest BCUT2D eigenvalue weighted by molar-refractivity contribution is 5.78. The molecule has 1 rings (SSSR count). The van der Waals surface area contributed by atoms with E-state index in [0.29, 0.717) is 18.6 Å². The summed E-state index contributed by atoms with van der Waals surface area (Å²) in [6, 6.07) is 0.940. The smallest absolute Gasteiger partial charge is 0.234 e. The molecule has 0 aromatic carbocycles. The zero-order valence-corrected chi connectivity index (χ0v) is 9.31. The van der Waals surface area contributed by atoms with Crippen LogP contribution in [0.15, 0.2) is 0 Å². The molecule has 0 radical (unpaired) electrons. The molecule has 1 saturated carbocycles. The lowest BCUT2D eigenvalue weighted by atomic mass is 10.1. The molecule has 0 spiro atoms. The molecule has 3 nitrogen and oxygen atoms in total. The van der Waals surface area contributed by atoms with Crippen LogP contribution >= 0.6 is 0 Å². The van der Waals surface area contributed by atoms with E-state index in [9.17, 15) is 4.79 Å². The molecule has 0 bridgehead atoms. The first kappa shape index (κ1) is 11.5. The van der Waals surface area contributed by atoms with Gasteiger partial charge in [-0.05, 0) is 26.2 Å². The van der Waals surface area contributed by atoms with Crippen LogP contribution in [0, 0.1) is 0 Å². The predicted molar refractivity (Wildman–Crippen MR) is 58.2 cm³/mol. The summed E-state index contributed by atoms with van der Waals surface area (Å²) in [6.07, 6.45) is 5.94. The van der Waals surface area contributed by atoms with Gasteiger partial charge in [-0.3, -0.25) is 4.79 Å². The van der Waals surface area contributed by atoms with Gasteiger partial charge in [0.2, 0.25) is 5.91 Å². The number of carbonyl (C=O) groups is 1. The van der Waals surface area contributed by atoms with E-state index in [4.69, 9.17) is 0 Å². The summed E-state index contributed by atoms with van der Waals surface area (Å²) in [5, 5.41) is 6.20. The highest BCUT2D eigenvalue weighted by Crippen LogP contribution is 2.18. The number of amides is 1. The third-order valence-corrected chi connectivity index (χ3v) is 2.54. The van der Waals surface area contributed by atoms with Crippen LogP contribution in [0.5, 0.6) is 0 Å². The van der Waals surface area contributed by atoms with E-state index in [2.05, 4.69) is 24.5 Å². The van der Waals surface area contributed by atoms with Crippen LogP contribution in [0.3, 0.4) is 0 Å². The van der Waals surface area contributed by atoms with Crippen molar-refractivity contribution >= 4 is 5.91 Å². The highest BCUT2D eigenvalue weighted by atomic mass is 16.2. The first-order chi connectivity index (χ1) is 6.72. The Morgan fingerprint density at radius 1 is 1.50 bits per heavy atom. The summed E-state index contributed by atoms with van der Waals surface area (Å²) in [4.78, 5) is 11.3. The SMILES string of the molecule is CCCCC(C)NCC(=O)NC1CC1. The Bertz CT molecular complexity index is 178. The monoisotopic (exact) mass is 198 g/mol. The lowest BCUT2D eigenvalue weighted by Crippen LogP contribution is -2.38. The standard InChI is InChI=1S/C11H22N2O/c1-3-4-5-9(2)12-8-11(14)13-10-6-7-10/h9-10,12H,3-8H2,1-2H3,(H,13,14). The van der Waals surface area contributed by atoms with Crippen molar-refractivity contribution in [2.75, 3.05) is 6.54 Å². The van der Waals surface area contributed by atoms with E-state index < -0.39 is 0 Å². The maximum Gasteiger partial charge on any atom is 0.234 e. The largest absolute Gasteiger partial charge is 0.352 e. The molecule has 1 aliphatic rings. The first-order valence-electron chi connectivity index (χ1n) is 5.75. The number of hydrogen-bond acceptors (Lipinski definition) is 2. The molecule has 1 unspecified atom stereocenters. The number of carbonyl (C=O) groups excluding carboxylic acids is 1. The summed E-state index contributed by atoms with van der Waals surface area (Å²) in [5.41, 5.74) is 0. The quantitative estimate of drug-likeness (QED) is 0.650. The summed E-state index contributed by atoms with van der Waals surface area (Å²) in [7, 11) is 0. The second kappa shape index (κ2) is 6.02. The van der Waals surface area contributed by atoms with Gasteiger partial charge >= 0.3 is 0 Å². The average Bonchev–Trinajstić information content (AvgIpc) is 2.95. The Labute approximate surface area is 86.6 Å². The molecule has 14 heavy (non-hydrogen) atoms. The van der Waals surface area contributed by atoms with Crippen molar-refractivity contribution in [3.63, 3.8) is 0 Å². The lowest BCUT2D eigenvalue weighted by molar-refractivity contribution is -0.120. The fourth-order valence-corrected chi connectivity index (χ4v) is 1.39. The molecule has 1 aliphatic carbocycles. The molecule has 2 N–H and O–H groups in total. The fraction of sp³-hybridized carbons (Fsp3) is 0.909. The maximum atomic E-state index is 11.3. The molecule has 0 aliphatic heterocycles. The van der Waals surface area contributed by atoms with Gasteiger partial charge in [0.05, 0.1) is 6.54 Å². The van der Waals surface area contributed by atoms with Crippen molar-refractivity contribution in [1.29, 1.82) is 0 Å². The Hall–Kier alpha value is -0.570. The topological polar surface area (TPSA) is 41.1 Å². The van der Waals surface area contributed by atoms with Gasteiger partial charge in [0, 0.05) is 12.1 Å². The van der Waals surface area contributed by atoms with Gasteiger partial charge in [-0.2, -0.15) is 0 Å². The Morgan fingerprint density at radius 2 is 2.21 bits per heavy atom. The van der Waals surface area contributed by atoms with Crippen molar-refractivity contribution in [3.05, 3.63) is 0 Å². The summed E-state index contributed by atoms with van der Waals surface area (Å²) < 4.78 is 0. The van der Waals surface area contributed by atoms with E-state index in [1.165, 1.54) is 12.8 Å². The maximum absolute atomic E-state index is 11.3. The van der Waals surface area contributed by atoms with Crippen molar-refractivity contribution in [3.8, 4) is 0 Å². The van der Waals surface area contributed by atoms with Gasteiger partial charge in [0.1, 0.15) is 0 Å². The van der Waals surface area contributed by atoms with E-state index in [0.717, 1.165) is 19.3 Å². The third kappa shape index (κ3) is 5.22. The van der Waals surface area contributed by atoms with Gasteiger partial charge in [-0.15, -0.1) is 0 Å². The fourth-order valence-electron chi connectivity index (χ4n) is 1.39. The number of hydrogen-bond donors (Lipinski definition) is 2. The average molecular weight is 198 g/mol. The number of nitrogens with one attached hydrogen (secondary N) is 2. The van der Waals surface area contributed by atoms with E-state index in [-0.39, 0.29) is 5.91 Å². The molecule has 3 heteroatoms. The highest BCUT2D eigenvalue weighted by Gasteiger charge is 2.22. The molecule has 0 aromatic rings. The number of rotatable bonds is 7. The second-order valence-electron chi connectivity index (χ2n) is 4.27. The van der Waals surface area contributed by atoms with Gasteiger partial charge in [0.25, 0.3) is 0 Å². The van der Waals surface area contributed by atoms with Crippen LogP contribution in [0.1, 0.15) is 46.0 Å². The van der Waals surface area contributed by atoms with Crippen LogP contribution in [-0.4, -0.2) is 24.5 Å². The molecule has 1 atom stereocenters. The van der Waals surface area contributed by atoms with Gasteiger partial charge in [0.15, 0.2) is 0 Å². The second-order valence-corrected chi connectivity index (χ2v) is 4.27. The summed E-state index contributed by atoms with van der Waals surface area (Å²) in [6.45, 7) is 4.80. The summed E-state index contributed by atoms with van der Waals surface area (Å²) in [5.74, 6) is 0.149. The minimum absolute atomic E-state index is 0.149. The minimum atomic E-state index is 0.149. The van der Waals surface area contributed by atoms with E-state index in [1.807, 2.05) is 0 Å². The molecular weight excluding hydrogens is 176 g/mol. The van der Waals surface area contributed by atoms with Crippen LogP contribution in [0.25, 0.3) is 0 Å². The lowest BCUT2D eigenvalue weighted by Gasteiger charge is -2.12. The van der Waals surface area contributed by atoms with Crippen LogP contribution < -0.4 is 10.6 Å². The van der Waals surface area contributed by atoms with E-state index >= 15 is 0 Å². The predicted octanol–water partition coefficient (Wildman–Crippen LogP) is 1.43. The van der Waals surface area contributed by atoms with Gasteiger partial charge < -0.3 is 10.6 Å². The van der Waals surface area contributed by atoms with Crippen LogP contribution in [0.2, 0.25) is 0 Å². The zero-order valence-electron chi connectivity index (χ0n) is 9.31. The van der Waals surface area contributed by atoms with E-state index in [1.54, 1.807) is 0 Å². The van der Waals surface area contributed by atoms with Crippen molar-refractivity contribution in [1.82, 2.24) is 10.6 Å². The van der Waals surface area contributed by atoms with Crippen LogP contribution in [-0.2, 0) is 4.79 Å². The normalized spacial score (nSPS) is 17.9. The van der Waals surface area contributed by atoms with Crippen LogP contribution in [0.4, 0.5) is 0 Å². The molecule has 0 saturated heterocycles. The molecule has 0 aromatic heterocycles. The molecule has 1 fully saturated rings. The van der Waals surface area contributed by atoms with Crippen molar-refractivity contribution < 1.29 is 4.79 Å². The minimum Gasteiger partial charge on any atom is -0.352 e. The summed E-state index contributed by atoms with van der Waals surface area (Å²) >= 11 is 0. The molecular formula is C11H22N2O. The molecule has 82 valence electrons. The zero-order chi connectivity index (χ0) is 10.4. The van der Waals surface area contributed by atoms with Crippen molar-refractivity contribution in [2.45, 2.75) is 58.0 Å². The Balaban J connectivity index is 1.97. The Kier molecular flexibility index (Phi) is 4.94. The number of unbranched alkanes of at least 4 members (excludes halogenated alkanes) is 1. The first-order valence-corrected chi connectivity index (χ1v) is 5.75. The van der Waals surface area contributed by atoms with Gasteiger partial charge in [-0.1, -0.05) is 19.8 Å². The Morgan fingerprint density at radius 3 is 2.79 bits per heavy atom. The molecule has 0 heterocycles. The third-order valence-electron chi connectivity index (χ3n) is 2.54. The molecule has 1 amide bonds.